The number of fused-ring (bicyclic) bond motifs is 1. The molecular formula is C11H10FN. The fourth-order valence-electron chi connectivity index (χ4n) is 1.51. The third kappa shape index (κ3) is 1.28. The smallest absolute Gasteiger partial charge is 0.149 e. The molecule has 1 aromatic carbocycles. The molecule has 0 saturated carbocycles. The predicted molar refractivity (Wildman–Crippen MR) is 51.1 cm³/mol. The summed E-state index contributed by atoms with van der Waals surface area (Å²) in [6.07, 6.45) is 2.56. The summed E-state index contributed by atoms with van der Waals surface area (Å²) >= 11 is 0. The van der Waals surface area contributed by atoms with Gasteiger partial charge in [-0.25, -0.2) is 4.39 Å². The molecule has 0 unspecified atom stereocenters. The summed E-state index contributed by atoms with van der Waals surface area (Å²) in [5, 5.41) is 0.921. The molecule has 13 heavy (non-hydrogen) atoms. The lowest BCUT2D eigenvalue weighted by molar-refractivity contribution is 0.636. The van der Waals surface area contributed by atoms with Crippen molar-refractivity contribution >= 4 is 10.9 Å². The van der Waals surface area contributed by atoms with E-state index >= 15 is 0 Å². The average molecular weight is 175 g/mol. The van der Waals surface area contributed by atoms with Crippen LogP contribution in [0.5, 0.6) is 0 Å². The molecular weight excluding hydrogens is 165 g/mol. The first-order valence-corrected chi connectivity index (χ1v) is 4.35. The van der Waals surface area contributed by atoms with Crippen LogP contribution in [-0.4, -0.2) is 4.98 Å². The monoisotopic (exact) mass is 175 g/mol. The van der Waals surface area contributed by atoms with Gasteiger partial charge in [0.2, 0.25) is 0 Å². The van der Waals surface area contributed by atoms with E-state index < -0.39 is 0 Å². The third-order valence-electron chi connectivity index (χ3n) is 2.19. The number of pyridine rings is 1. The second kappa shape index (κ2) is 3.13. The van der Waals surface area contributed by atoms with Crippen molar-refractivity contribution < 1.29 is 4.39 Å². The van der Waals surface area contributed by atoms with Crippen molar-refractivity contribution in [1.29, 1.82) is 0 Å². The van der Waals surface area contributed by atoms with Crippen molar-refractivity contribution in [2.45, 2.75) is 13.3 Å². The first-order valence-electron chi connectivity index (χ1n) is 4.35. The van der Waals surface area contributed by atoms with Gasteiger partial charge in [-0.15, -0.1) is 0 Å². The number of hydrogen-bond donors (Lipinski definition) is 0. The molecule has 0 radical (unpaired) electrons. The Morgan fingerprint density at radius 3 is 2.92 bits per heavy atom. The van der Waals surface area contributed by atoms with Gasteiger partial charge < -0.3 is 0 Å². The first-order chi connectivity index (χ1) is 6.33. The Hall–Kier alpha value is -1.44. The van der Waals surface area contributed by atoms with Crippen molar-refractivity contribution in [2.75, 3.05) is 0 Å². The lowest BCUT2D eigenvalue weighted by Gasteiger charge is -2.02. The standard InChI is InChI=1S/C11H10FN/c1-2-8-6-7-13-11-9(8)4-3-5-10(11)12/h3-7H,2H2,1H3. The Bertz CT molecular complexity index is 437. The lowest BCUT2D eigenvalue weighted by atomic mass is 10.1. The molecule has 0 aliphatic heterocycles. The molecule has 0 amide bonds. The molecule has 2 aromatic rings. The fourth-order valence-corrected chi connectivity index (χ4v) is 1.51. The number of halogens is 1. The molecule has 1 aromatic heterocycles. The number of hydrogen-bond acceptors (Lipinski definition) is 1. The van der Waals surface area contributed by atoms with E-state index in [0.717, 1.165) is 17.4 Å². The first kappa shape index (κ1) is 8.17. The van der Waals surface area contributed by atoms with E-state index in [4.69, 9.17) is 0 Å². The van der Waals surface area contributed by atoms with Crippen LogP contribution in [0.4, 0.5) is 4.39 Å². The quantitative estimate of drug-likeness (QED) is 0.649. The molecule has 1 heterocycles. The zero-order chi connectivity index (χ0) is 9.26. The molecule has 1 nitrogen and oxygen atoms in total. The molecule has 0 atom stereocenters. The summed E-state index contributed by atoms with van der Waals surface area (Å²) in [6, 6.07) is 7.00. The van der Waals surface area contributed by atoms with Gasteiger partial charge in [0.05, 0.1) is 0 Å². The second-order valence-corrected chi connectivity index (χ2v) is 2.96. The van der Waals surface area contributed by atoms with E-state index in [1.54, 1.807) is 12.3 Å². The number of rotatable bonds is 1. The van der Waals surface area contributed by atoms with Gasteiger partial charge in [-0.05, 0) is 24.1 Å². The van der Waals surface area contributed by atoms with Gasteiger partial charge >= 0.3 is 0 Å². The van der Waals surface area contributed by atoms with Crippen molar-refractivity contribution in [3.8, 4) is 0 Å². The Kier molecular flexibility index (Phi) is 1.97. The minimum atomic E-state index is -0.243. The highest BCUT2D eigenvalue weighted by atomic mass is 19.1. The van der Waals surface area contributed by atoms with Crippen LogP contribution in [0, 0.1) is 5.82 Å². The highest BCUT2D eigenvalue weighted by Crippen LogP contribution is 2.19. The molecule has 0 aliphatic carbocycles. The van der Waals surface area contributed by atoms with Crippen LogP contribution >= 0.6 is 0 Å². The highest BCUT2D eigenvalue weighted by molar-refractivity contribution is 5.82. The third-order valence-corrected chi connectivity index (χ3v) is 2.19. The van der Waals surface area contributed by atoms with Crippen LogP contribution in [0.3, 0.4) is 0 Å². The van der Waals surface area contributed by atoms with Gasteiger partial charge in [0.15, 0.2) is 0 Å². The Labute approximate surface area is 76.2 Å². The van der Waals surface area contributed by atoms with Gasteiger partial charge in [-0.3, -0.25) is 4.98 Å². The maximum Gasteiger partial charge on any atom is 0.149 e. The molecule has 0 bridgehead atoms. The van der Waals surface area contributed by atoms with Crippen molar-refractivity contribution in [3.63, 3.8) is 0 Å². The summed E-state index contributed by atoms with van der Waals surface area (Å²) in [7, 11) is 0. The molecule has 2 heteroatoms. The van der Waals surface area contributed by atoms with Crippen LogP contribution < -0.4 is 0 Å². The van der Waals surface area contributed by atoms with E-state index in [0.29, 0.717) is 5.52 Å². The predicted octanol–water partition coefficient (Wildman–Crippen LogP) is 2.94. The van der Waals surface area contributed by atoms with E-state index in [1.807, 2.05) is 12.1 Å². The van der Waals surface area contributed by atoms with Crippen LogP contribution in [0.15, 0.2) is 30.5 Å². The molecule has 0 spiro atoms. The van der Waals surface area contributed by atoms with E-state index in [1.165, 1.54) is 6.07 Å². The SMILES string of the molecule is CCc1ccnc2c(F)cccc12. The van der Waals surface area contributed by atoms with E-state index in [-0.39, 0.29) is 5.82 Å². The fraction of sp³-hybridized carbons (Fsp3) is 0.182. The number of para-hydroxylation sites is 1. The van der Waals surface area contributed by atoms with Crippen molar-refractivity contribution in [3.05, 3.63) is 41.8 Å². The average Bonchev–Trinajstić information content (AvgIpc) is 2.18. The van der Waals surface area contributed by atoms with Crippen LogP contribution in [0.25, 0.3) is 10.9 Å². The number of aryl methyl sites for hydroxylation is 1. The minimum Gasteiger partial charge on any atom is -0.253 e. The maximum atomic E-state index is 13.2. The summed E-state index contributed by atoms with van der Waals surface area (Å²) in [4.78, 5) is 4.01. The second-order valence-electron chi connectivity index (χ2n) is 2.96. The number of nitrogens with zero attached hydrogens (tertiary/aromatic N) is 1. The topological polar surface area (TPSA) is 12.9 Å². The van der Waals surface area contributed by atoms with Gasteiger partial charge in [0, 0.05) is 11.6 Å². The highest BCUT2D eigenvalue weighted by Gasteiger charge is 2.03. The Morgan fingerprint density at radius 2 is 2.15 bits per heavy atom. The summed E-state index contributed by atoms with van der Waals surface area (Å²) < 4.78 is 13.2. The molecule has 66 valence electrons. The Balaban J connectivity index is 2.84. The van der Waals surface area contributed by atoms with Crippen LogP contribution in [0.1, 0.15) is 12.5 Å². The summed E-state index contributed by atoms with van der Waals surface area (Å²) in [5.41, 5.74) is 1.62. The van der Waals surface area contributed by atoms with Gasteiger partial charge in [0.25, 0.3) is 0 Å². The van der Waals surface area contributed by atoms with Gasteiger partial charge in [0.1, 0.15) is 11.3 Å². The van der Waals surface area contributed by atoms with Crippen LogP contribution in [-0.2, 0) is 6.42 Å². The molecule has 0 N–H and O–H groups in total. The van der Waals surface area contributed by atoms with Crippen molar-refractivity contribution in [2.24, 2.45) is 0 Å². The zero-order valence-electron chi connectivity index (χ0n) is 7.42. The maximum absolute atomic E-state index is 13.2. The van der Waals surface area contributed by atoms with E-state index in [2.05, 4.69) is 11.9 Å². The largest absolute Gasteiger partial charge is 0.253 e. The van der Waals surface area contributed by atoms with Gasteiger partial charge in [-0.1, -0.05) is 19.1 Å². The molecule has 0 fully saturated rings. The molecule has 2 rings (SSSR count). The zero-order valence-corrected chi connectivity index (χ0v) is 7.42. The number of aromatic nitrogens is 1. The molecule has 0 aliphatic rings. The molecule has 0 saturated heterocycles. The normalized spacial score (nSPS) is 10.6. The number of benzene rings is 1. The minimum absolute atomic E-state index is 0.243. The van der Waals surface area contributed by atoms with Gasteiger partial charge in [-0.2, -0.15) is 0 Å². The lowest BCUT2D eigenvalue weighted by Crippen LogP contribution is -1.88. The summed E-state index contributed by atoms with van der Waals surface area (Å²) in [6.45, 7) is 2.06. The van der Waals surface area contributed by atoms with E-state index in [9.17, 15) is 4.39 Å². The summed E-state index contributed by atoms with van der Waals surface area (Å²) in [5.74, 6) is -0.243. The van der Waals surface area contributed by atoms with Crippen molar-refractivity contribution in [1.82, 2.24) is 4.98 Å². The van der Waals surface area contributed by atoms with Crippen LogP contribution in [0.2, 0.25) is 0 Å². The Morgan fingerprint density at radius 1 is 1.31 bits per heavy atom.